The Morgan fingerprint density at radius 1 is 1.24 bits per heavy atom. The third kappa shape index (κ3) is 4.80. The van der Waals surface area contributed by atoms with Crippen LogP contribution in [0.15, 0.2) is 0 Å². The molecule has 2 atom stereocenters. The Balaban J connectivity index is 2.60. The summed E-state index contributed by atoms with van der Waals surface area (Å²) in [4.78, 5) is 36.5. The molecule has 0 aromatic rings. The van der Waals surface area contributed by atoms with Gasteiger partial charge in [-0.25, -0.2) is 9.59 Å². The molecule has 0 spiro atoms. The van der Waals surface area contributed by atoms with Gasteiger partial charge in [0, 0.05) is 20.0 Å². The van der Waals surface area contributed by atoms with Crippen molar-refractivity contribution in [2.24, 2.45) is 5.92 Å². The van der Waals surface area contributed by atoms with Crippen LogP contribution in [0.5, 0.6) is 0 Å². The molecule has 0 radical (unpaired) electrons. The van der Waals surface area contributed by atoms with Crippen molar-refractivity contribution in [1.82, 2.24) is 15.5 Å². The summed E-state index contributed by atoms with van der Waals surface area (Å²) in [6, 6.07) is -0.656. The Hall–Kier alpha value is -1.99. The van der Waals surface area contributed by atoms with Gasteiger partial charge < -0.3 is 25.0 Å². The lowest BCUT2D eigenvalue weighted by atomic mass is 10.0. The van der Waals surface area contributed by atoms with Gasteiger partial charge in [0.2, 0.25) is 5.91 Å². The maximum atomic E-state index is 12.4. The fourth-order valence-corrected chi connectivity index (χ4v) is 2.13. The van der Waals surface area contributed by atoms with E-state index in [9.17, 15) is 14.4 Å². The molecule has 1 aliphatic heterocycles. The first-order valence-electron chi connectivity index (χ1n) is 6.90. The van der Waals surface area contributed by atoms with Gasteiger partial charge >= 0.3 is 12.2 Å². The summed E-state index contributed by atoms with van der Waals surface area (Å²) in [6.45, 7) is 4.51. The quantitative estimate of drug-likeness (QED) is 0.779. The van der Waals surface area contributed by atoms with Crippen molar-refractivity contribution in [3.8, 4) is 0 Å². The summed E-state index contributed by atoms with van der Waals surface area (Å²) >= 11 is 0. The molecule has 0 aromatic carbocycles. The largest absolute Gasteiger partial charge is 0.453 e. The Kier molecular flexibility index (Phi) is 6.26. The summed E-state index contributed by atoms with van der Waals surface area (Å²) < 4.78 is 9.66. The second kappa shape index (κ2) is 7.70. The number of nitrogens with zero attached hydrogens (tertiary/aromatic N) is 1. The van der Waals surface area contributed by atoms with Gasteiger partial charge in [-0.3, -0.25) is 4.79 Å². The maximum Gasteiger partial charge on any atom is 0.407 e. The molecule has 1 rings (SSSR count). The zero-order valence-corrected chi connectivity index (χ0v) is 12.8. The third-order valence-corrected chi connectivity index (χ3v) is 3.33. The number of hydrogen-bond donors (Lipinski definition) is 2. The van der Waals surface area contributed by atoms with Crippen molar-refractivity contribution >= 4 is 18.1 Å². The fraction of sp³-hybridized carbons (Fsp3) is 0.769. The highest BCUT2D eigenvalue weighted by Gasteiger charge is 2.34. The van der Waals surface area contributed by atoms with E-state index < -0.39 is 18.2 Å². The van der Waals surface area contributed by atoms with Crippen LogP contribution < -0.4 is 10.6 Å². The highest BCUT2D eigenvalue weighted by atomic mass is 16.6. The monoisotopic (exact) mass is 301 g/mol. The molecule has 0 aliphatic carbocycles. The lowest BCUT2D eigenvalue weighted by Gasteiger charge is -2.26. The molecule has 21 heavy (non-hydrogen) atoms. The fourth-order valence-electron chi connectivity index (χ4n) is 2.13. The minimum Gasteiger partial charge on any atom is -0.453 e. The number of nitrogens with one attached hydrogen (secondary N) is 2. The van der Waals surface area contributed by atoms with Gasteiger partial charge in [-0.2, -0.15) is 0 Å². The minimum atomic E-state index is -0.656. The molecule has 1 fully saturated rings. The van der Waals surface area contributed by atoms with Crippen LogP contribution in [0.3, 0.4) is 0 Å². The average Bonchev–Trinajstić information content (AvgIpc) is 2.91. The molecule has 0 saturated carbocycles. The van der Waals surface area contributed by atoms with Crippen LogP contribution in [0.1, 0.15) is 20.3 Å². The van der Waals surface area contributed by atoms with Gasteiger partial charge in [0.25, 0.3) is 0 Å². The number of rotatable bonds is 4. The standard InChI is InChI=1S/C13H23N3O5/c1-8(2)10(15-13(19)20-4)11(17)16-6-5-9(7-16)21-12(18)14-3/h8-10H,5-7H2,1-4H3,(H,14,18)(H,15,19)/t9?,10-/m0/s1. The number of carbonyl (C=O) groups excluding carboxylic acids is 3. The Morgan fingerprint density at radius 3 is 2.43 bits per heavy atom. The van der Waals surface area contributed by atoms with E-state index >= 15 is 0 Å². The van der Waals surface area contributed by atoms with Crippen LogP contribution in [0.4, 0.5) is 9.59 Å². The Morgan fingerprint density at radius 2 is 1.90 bits per heavy atom. The van der Waals surface area contributed by atoms with E-state index in [2.05, 4.69) is 15.4 Å². The van der Waals surface area contributed by atoms with Gasteiger partial charge in [0.05, 0.1) is 13.7 Å². The molecule has 0 aromatic heterocycles. The van der Waals surface area contributed by atoms with Gasteiger partial charge in [0.1, 0.15) is 12.1 Å². The van der Waals surface area contributed by atoms with Crippen LogP contribution in [0.25, 0.3) is 0 Å². The highest BCUT2D eigenvalue weighted by molar-refractivity contribution is 5.86. The molecule has 1 aliphatic rings. The summed E-state index contributed by atoms with van der Waals surface area (Å²) in [5.41, 5.74) is 0. The molecular weight excluding hydrogens is 278 g/mol. The number of amides is 3. The first-order valence-corrected chi connectivity index (χ1v) is 6.90. The van der Waals surface area contributed by atoms with Gasteiger partial charge in [-0.05, 0) is 5.92 Å². The van der Waals surface area contributed by atoms with E-state index in [4.69, 9.17) is 4.74 Å². The average molecular weight is 301 g/mol. The predicted octanol–water partition coefficient (Wildman–Crippen LogP) is 0.324. The number of carbonyl (C=O) groups is 3. The lowest BCUT2D eigenvalue weighted by Crippen LogP contribution is -2.50. The first kappa shape index (κ1) is 17.1. The molecule has 1 saturated heterocycles. The third-order valence-electron chi connectivity index (χ3n) is 3.33. The Bertz CT molecular complexity index is 399. The first-order chi connectivity index (χ1) is 9.88. The molecule has 120 valence electrons. The normalized spacial score (nSPS) is 19.1. The predicted molar refractivity (Wildman–Crippen MR) is 74.7 cm³/mol. The van der Waals surface area contributed by atoms with Crippen molar-refractivity contribution in [2.45, 2.75) is 32.4 Å². The topological polar surface area (TPSA) is 97.0 Å². The van der Waals surface area contributed by atoms with Gasteiger partial charge in [-0.1, -0.05) is 13.8 Å². The van der Waals surface area contributed by atoms with Gasteiger partial charge in [0.15, 0.2) is 0 Å². The lowest BCUT2D eigenvalue weighted by molar-refractivity contribution is -0.133. The number of methoxy groups -OCH3 is 1. The number of ether oxygens (including phenoxy) is 2. The maximum absolute atomic E-state index is 12.4. The van der Waals surface area contributed by atoms with E-state index in [1.165, 1.54) is 14.2 Å². The highest BCUT2D eigenvalue weighted by Crippen LogP contribution is 2.16. The summed E-state index contributed by atoms with van der Waals surface area (Å²) in [6.07, 6.45) is -0.885. The van der Waals surface area contributed by atoms with Crippen molar-refractivity contribution in [2.75, 3.05) is 27.2 Å². The van der Waals surface area contributed by atoms with Crippen molar-refractivity contribution < 1.29 is 23.9 Å². The second-order valence-corrected chi connectivity index (χ2v) is 5.21. The SMILES string of the molecule is CNC(=O)OC1CCN(C(=O)[C@@H](NC(=O)OC)C(C)C)C1. The summed E-state index contributed by atoms with van der Waals surface area (Å²) in [5.74, 6) is -0.270. The molecular formula is C13H23N3O5. The van der Waals surface area contributed by atoms with Crippen molar-refractivity contribution in [3.05, 3.63) is 0 Å². The second-order valence-electron chi connectivity index (χ2n) is 5.21. The van der Waals surface area contributed by atoms with Crippen LogP contribution in [-0.2, 0) is 14.3 Å². The summed E-state index contributed by atoms with van der Waals surface area (Å²) in [5, 5.41) is 4.91. The van der Waals surface area contributed by atoms with E-state index in [0.29, 0.717) is 19.5 Å². The van der Waals surface area contributed by atoms with Crippen LogP contribution in [-0.4, -0.2) is 62.4 Å². The van der Waals surface area contributed by atoms with E-state index in [1.807, 2.05) is 13.8 Å². The van der Waals surface area contributed by atoms with Crippen LogP contribution in [0.2, 0.25) is 0 Å². The smallest absolute Gasteiger partial charge is 0.407 e. The van der Waals surface area contributed by atoms with Crippen molar-refractivity contribution in [3.63, 3.8) is 0 Å². The molecule has 8 nitrogen and oxygen atoms in total. The van der Waals surface area contributed by atoms with Crippen molar-refractivity contribution in [1.29, 1.82) is 0 Å². The zero-order chi connectivity index (χ0) is 16.0. The van der Waals surface area contributed by atoms with Crippen LogP contribution >= 0.6 is 0 Å². The molecule has 1 unspecified atom stereocenters. The molecule has 2 N–H and O–H groups in total. The van der Waals surface area contributed by atoms with Crippen LogP contribution in [0, 0.1) is 5.92 Å². The number of alkyl carbamates (subject to hydrolysis) is 2. The number of likely N-dealkylation sites (tertiary alicyclic amines) is 1. The van der Waals surface area contributed by atoms with E-state index in [-0.39, 0.29) is 17.9 Å². The molecule has 1 heterocycles. The van der Waals surface area contributed by atoms with E-state index in [1.54, 1.807) is 4.90 Å². The number of hydrogen-bond acceptors (Lipinski definition) is 5. The molecule has 8 heteroatoms. The summed E-state index contributed by atoms with van der Waals surface area (Å²) in [7, 11) is 2.73. The van der Waals surface area contributed by atoms with Gasteiger partial charge in [-0.15, -0.1) is 0 Å². The Labute approximate surface area is 124 Å². The zero-order valence-electron chi connectivity index (χ0n) is 12.8. The molecule has 3 amide bonds. The molecule has 0 bridgehead atoms. The minimum absolute atomic E-state index is 0.0736. The van der Waals surface area contributed by atoms with E-state index in [0.717, 1.165) is 0 Å².